The summed E-state index contributed by atoms with van der Waals surface area (Å²) in [5.41, 5.74) is 1.15. The highest BCUT2D eigenvalue weighted by Gasteiger charge is 2.27. The Morgan fingerprint density at radius 2 is 2.06 bits per heavy atom. The summed E-state index contributed by atoms with van der Waals surface area (Å²) in [5.74, 6) is 2.04. The van der Waals surface area contributed by atoms with E-state index in [1.54, 1.807) is 30.0 Å². The van der Waals surface area contributed by atoms with E-state index in [0.717, 1.165) is 67.6 Å². The van der Waals surface area contributed by atoms with Crippen molar-refractivity contribution in [2.24, 2.45) is 5.92 Å². The fourth-order valence-corrected chi connectivity index (χ4v) is 5.39. The van der Waals surface area contributed by atoms with Crippen molar-refractivity contribution in [2.75, 3.05) is 12.9 Å². The second kappa shape index (κ2) is 17.1. The predicted octanol–water partition coefficient (Wildman–Crippen LogP) is 5.66. The van der Waals surface area contributed by atoms with Crippen LogP contribution in [0.1, 0.15) is 70.8 Å². The van der Waals surface area contributed by atoms with Crippen LogP contribution in [-0.2, 0) is 20.7 Å². The summed E-state index contributed by atoms with van der Waals surface area (Å²) in [7, 11) is 1.00. The Balaban J connectivity index is 0.00000249. The van der Waals surface area contributed by atoms with Crippen molar-refractivity contribution in [1.29, 1.82) is 0 Å². The van der Waals surface area contributed by atoms with Gasteiger partial charge in [-0.1, -0.05) is 25.5 Å². The van der Waals surface area contributed by atoms with Crippen LogP contribution in [0.25, 0.3) is 0 Å². The van der Waals surface area contributed by atoms with Crippen molar-refractivity contribution in [2.45, 2.75) is 77.7 Å². The quantitative estimate of drug-likeness (QED) is 0.202. The lowest BCUT2D eigenvalue weighted by molar-refractivity contribution is -0.139. The zero-order valence-electron chi connectivity index (χ0n) is 19.5. The molecule has 0 saturated carbocycles. The Bertz CT molecular complexity index is 725. The Kier molecular flexibility index (Phi) is 15.3. The van der Waals surface area contributed by atoms with E-state index in [1.807, 2.05) is 24.4 Å². The number of aliphatic hydroxyl groups excluding tert-OH is 2. The highest BCUT2D eigenvalue weighted by atomic mass is 32.2. The first-order valence-corrected chi connectivity index (χ1v) is 13.3. The van der Waals surface area contributed by atoms with Gasteiger partial charge in [-0.2, -0.15) is 11.3 Å². The third-order valence-electron chi connectivity index (χ3n) is 5.01. The van der Waals surface area contributed by atoms with Gasteiger partial charge in [-0.05, 0) is 60.7 Å². The van der Waals surface area contributed by atoms with E-state index in [2.05, 4.69) is 11.5 Å². The highest BCUT2D eigenvalue weighted by Crippen LogP contribution is 2.41. The molecule has 0 amide bonds. The Morgan fingerprint density at radius 3 is 2.72 bits per heavy atom. The van der Waals surface area contributed by atoms with Gasteiger partial charge in [-0.25, -0.2) is 0 Å². The average Bonchev–Trinajstić information content (AvgIpc) is 3.40. The Hall–Kier alpha value is -1.41. The van der Waals surface area contributed by atoms with Crippen molar-refractivity contribution >= 4 is 34.9 Å². The summed E-state index contributed by atoms with van der Waals surface area (Å²) >= 11 is 3.40. The molecule has 2 N–H and O–H groups in total. The van der Waals surface area contributed by atoms with Crippen LogP contribution in [-0.4, -0.2) is 40.9 Å². The van der Waals surface area contributed by atoms with Gasteiger partial charge < -0.3 is 19.7 Å². The van der Waals surface area contributed by atoms with Gasteiger partial charge >= 0.3 is 5.97 Å². The number of ketones is 1. The van der Waals surface area contributed by atoms with Gasteiger partial charge in [0.05, 0.1) is 6.10 Å². The minimum absolute atomic E-state index is 0.158. The number of unbranched alkanes of at least 4 members (excludes halogenated alkanes) is 2. The number of thiophene rings is 1. The number of thioether (sulfide) groups is 1. The molecule has 2 rings (SSSR count). The largest absolute Gasteiger partial charge is 0.430 e. The lowest BCUT2D eigenvalue weighted by atomic mass is 10.1. The summed E-state index contributed by atoms with van der Waals surface area (Å²) in [6.45, 7) is 3.61. The maximum Gasteiger partial charge on any atom is 0.310 e. The summed E-state index contributed by atoms with van der Waals surface area (Å²) in [5, 5.41) is 21.4. The highest BCUT2D eigenvalue weighted by molar-refractivity contribution is 8.03. The monoisotopic (exact) mass is 482 g/mol. The summed E-state index contributed by atoms with van der Waals surface area (Å²) in [6, 6.07) is 2.04. The standard InChI is InChI=1S/C24H34O4S2.CH4O/c1-3-7-23(27)28-22-12-10-20(9-11-21(26)16-19-13-15-29-17-19)24(22)30-14-6-4-5-8-18(2)25;1-2/h9,11,13,15,17,20-21,26H,3-8,10,12,14,16H2,1-2H3;2H,1H3/b11-9+;. The number of carbonyl (C=O) groups is 2. The van der Waals surface area contributed by atoms with E-state index in [-0.39, 0.29) is 17.7 Å². The van der Waals surface area contributed by atoms with Gasteiger partial charge in [0.25, 0.3) is 0 Å². The predicted molar refractivity (Wildman–Crippen MR) is 134 cm³/mol. The molecule has 1 aromatic rings. The van der Waals surface area contributed by atoms with Gasteiger partial charge in [0.15, 0.2) is 0 Å². The van der Waals surface area contributed by atoms with E-state index in [9.17, 15) is 14.7 Å². The number of hydrogen-bond acceptors (Lipinski definition) is 7. The molecule has 180 valence electrons. The zero-order chi connectivity index (χ0) is 23.8. The first kappa shape index (κ1) is 28.6. The number of rotatable bonds is 14. The third-order valence-corrected chi connectivity index (χ3v) is 7.07. The van der Waals surface area contributed by atoms with E-state index in [4.69, 9.17) is 9.84 Å². The van der Waals surface area contributed by atoms with Crippen LogP contribution in [0.2, 0.25) is 0 Å². The lowest BCUT2D eigenvalue weighted by Gasteiger charge is -2.13. The molecular formula is C25H38O5S2. The first-order chi connectivity index (χ1) is 15.5. The molecule has 0 spiro atoms. The van der Waals surface area contributed by atoms with Crippen molar-refractivity contribution in [3.63, 3.8) is 0 Å². The molecule has 0 aromatic carbocycles. The van der Waals surface area contributed by atoms with Crippen LogP contribution < -0.4 is 0 Å². The second-order valence-corrected chi connectivity index (χ2v) is 9.72. The molecule has 0 fully saturated rings. The van der Waals surface area contributed by atoms with Crippen LogP contribution in [0.5, 0.6) is 0 Å². The van der Waals surface area contributed by atoms with Gasteiger partial charge in [-0.3, -0.25) is 4.79 Å². The zero-order valence-corrected chi connectivity index (χ0v) is 21.2. The molecule has 1 aliphatic carbocycles. The molecule has 32 heavy (non-hydrogen) atoms. The SMILES string of the molecule is CCCC(=O)OC1=C(SCCCCCC(C)=O)C(/C=C/C(O)Cc2ccsc2)CC1.CO. The number of allylic oxidation sites excluding steroid dienone is 3. The van der Waals surface area contributed by atoms with Gasteiger partial charge in [0, 0.05) is 43.6 Å². The second-order valence-electron chi connectivity index (χ2n) is 7.81. The van der Waals surface area contributed by atoms with Crippen LogP contribution in [0, 0.1) is 5.92 Å². The van der Waals surface area contributed by atoms with Crippen molar-refractivity contribution in [3.8, 4) is 0 Å². The normalized spacial score (nSPS) is 16.7. The molecule has 5 nitrogen and oxygen atoms in total. The number of aliphatic hydroxyl groups is 2. The van der Waals surface area contributed by atoms with Crippen LogP contribution in [0.3, 0.4) is 0 Å². The van der Waals surface area contributed by atoms with Gasteiger partial charge in [0.2, 0.25) is 0 Å². The minimum Gasteiger partial charge on any atom is -0.430 e. The topological polar surface area (TPSA) is 83.8 Å². The van der Waals surface area contributed by atoms with Crippen molar-refractivity contribution in [1.82, 2.24) is 0 Å². The third kappa shape index (κ3) is 11.5. The molecule has 0 radical (unpaired) electrons. The number of ether oxygens (including phenoxy) is 1. The van der Waals surface area contributed by atoms with Gasteiger partial charge in [0.1, 0.15) is 11.5 Å². The lowest BCUT2D eigenvalue weighted by Crippen LogP contribution is -2.07. The molecule has 2 unspecified atom stereocenters. The summed E-state index contributed by atoms with van der Waals surface area (Å²) in [6.07, 6.45) is 10.6. The number of carbonyl (C=O) groups excluding carboxylic acids is 2. The maximum atomic E-state index is 12.0. The number of esters is 1. The molecule has 1 aromatic heterocycles. The molecule has 2 atom stereocenters. The van der Waals surface area contributed by atoms with E-state index < -0.39 is 6.10 Å². The molecular weight excluding hydrogens is 444 g/mol. The van der Waals surface area contributed by atoms with Gasteiger partial charge in [-0.15, -0.1) is 11.8 Å². The molecule has 0 saturated heterocycles. The number of Topliss-reactive ketones (excluding diaryl/α,β-unsaturated/α-hetero) is 1. The molecule has 1 heterocycles. The van der Waals surface area contributed by atoms with E-state index in [1.165, 1.54) is 0 Å². The Morgan fingerprint density at radius 1 is 1.28 bits per heavy atom. The number of hydrogen-bond donors (Lipinski definition) is 2. The summed E-state index contributed by atoms with van der Waals surface area (Å²) in [4.78, 5) is 24.2. The maximum absolute atomic E-state index is 12.0. The Labute approximate surface area is 201 Å². The van der Waals surface area contributed by atoms with E-state index >= 15 is 0 Å². The fourth-order valence-electron chi connectivity index (χ4n) is 3.43. The minimum atomic E-state index is -0.510. The average molecular weight is 483 g/mol. The van der Waals surface area contributed by atoms with Crippen LogP contribution >= 0.6 is 23.1 Å². The van der Waals surface area contributed by atoms with Crippen LogP contribution in [0.15, 0.2) is 39.6 Å². The smallest absolute Gasteiger partial charge is 0.310 e. The summed E-state index contributed by atoms with van der Waals surface area (Å²) < 4.78 is 5.68. The fraction of sp³-hybridized carbons (Fsp3) is 0.600. The van der Waals surface area contributed by atoms with Crippen LogP contribution in [0.4, 0.5) is 0 Å². The van der Waals surface area contributed by atoms with Crippen molar-refractivity contribution in [3.05, 3.63) is 45.2 Å². The molecule has 0 bridgehead atoms. The molecule has 0 aliphatic heterocycles. The van der Waals surface area contributed by atoms with Crippen molar-refractivity contribution < 1.29 is 24.5 Å². The van der Waals surface area contributed by atoms with E-state index in [0.29, 0.717) is 19.3 Å². The molecule has 1 aliphatic rings. The molecule has 7 heteroatoms. The first-order valence-electron chi connectivity index (χ1n) is 11.4.